The lowest BCUT2D eigenvalue weighted by Gasteiger charge is -2.08. The van der Waals surface area contributed by atoms with Crippen LogP contribution in [0.15, 0.2) is 30.9 Å². The van der Waals surface area contributed by atoms with Gasteiger partial charge in [0.2, 0.25) is 0 Å². The van der Waals surface area contributed by atoms with E-state index in [2.05, 4.69) is 29.2 Å². The summed E-state index contributed by atoms with van der Waals surface area (Å²) in [5.74, 6) is -0.197. The number of carbonyl (C=O) groups is 1. The molecule has 1 aliphatic heterocycles. The number of cyclic esters (lactones) is 1. The van der Waals surface area contributed by atoms with Crippen LogP contribution >= 0.6 is 22.6 Å². The van der Waals surface area contributed by atoms with Crippen molar-refractivity contribution in [1.82, 2.24) is 0 Å². The highest BCUT2D eigenvalue weighted by Gasteiger charge is 2.30. The van der Waals surface area contributed by atoms with Gasteiger partial charge in [-0.3, -0.25) is 0 Å². The molecule has 78 valence electrons. The molecule has 1 unspecified atom stereocenters. The van der Waals surface area contributed by atoms with Gasteiger partial charge in [0.1, 0.15) is 6.10 Å². The Morgan fingerprint density at radius 1 is 1.53 bits per heavy atom. The lowest BCUT2D eigenvalue weighted by molar-refractivity contribution is 0.0371. The van der Waals surface area contributed by atoms with Crippen LogP contribution < -0.4 is 0 Å². The van der Waals surface area contributed by atoms with Gasteiger partial charge in [0.15, 0.2) is 0 Å². The predicted octanol–water partition coefficient (Wildman–Crippen LogP) is 3.47. The number of hydrogen-bond donors (Lipinski definition) is 0. The number of fused-ring (bicyclic) bond motifs is 1. The summed E-state index contributed by atoms with van der Waals surface area (Å²) in [5.41, 5.74) is 1.73. The van der Waals surface area contributed by atoms with E-state index in [0.717, 1.165) is 27.5 Å². The molecule has 1 atom stereocenters. The van der Waals surface area contributed by atoms with E-state index in [-0.39, 0.29) is 12.1 Å². The topological polar surface area (TPSA) is 26.3 Å². The van der Waals surface area contributed by atoms with Crippen molar-refractivity contribution in [2.45, 2.75) is 18.9 Å². The molecule has 2 rings (SSSR count). The largest absolute Gasteiger partial charge is 0.454 e. The zero-order valence-corrected chi connectivity index (χ0v) is 10.4. The molecule has 15 heavy (non-hydrogen) atoms. The second-order valence-electron chi connectivity index (χ2n) is 3.49. The quantitative estimate of drug-likeness (QED) is 0.485. The van der Waals surface area contributed by atoms with Crippen molar-refractivity contribution in [2.75, 3.05) is 0 Å². The van der Waals surface area contributed by atoms with Gasteiger partial charge in [0.25, 0.3) is 0 Å². The van der Waals surface area contributed by atoms with Gasteiger partial charge in [0, 0.05) is 9.13 Å². The molecule has 0 spiro atoms. The summed E-state index contributed by atoms with van der Waals surface area (Å²) in [6, 6.07) is 5.87. The first-order chi connectivity index (χ1) is 7.22. The van der Waals surface area contributed by atoms with Crippen LogP contribution in [0, 0.1) is 3.57 Å². The monoisotopic (exact) mass is 314 g/mol. The van der Waals surface area contributed by atoms with Gasteiger partial charge in [-0.1, -0.05) is 12.1 Å². The van der Waals surface area contributed by atoms with Crippen molar-refractivity contribution in [3.8, 4) is 0 Å². The van der Waals surface area contributed by atoms with Crippen molar-refractivity contribution >= 4 is 28.6 Å². The van der Waals surface area contributed by atoms with Crippen LogP contribution in [0.1, 0.15) is 34.9 Å². The fourth-order valence-electron chi connectivity index (χ4n) is 1.73. The van der Waals surface area contributed by atoms with E-state index in [1.807, 2.05) is 24.3 Å². The molecule has 0 radical (unpaired) electrons. The van der Waals surface area contributed by atoms with Crippen LogP contribution in [0.25, 0.3) is 0 Å². The van der Waals surface area contributed by atoms with Crippen molar-refractivity contribution in [3.63, 3.8) is 0 Å². The third-order valence-electron chi connectivity index (χ3n) is 2.46. The maximum atomic E-state index is 11.5. The summed E-state index contributed by atoms with van der Waals surface area (Å²) >= 11 is 2.20. The first-order valence-corrected chi connectivity index (χ1v) is 5.91. The molecule has 2 nitrogen and oxygen atoms in total. The van der Waals surface area contributed by atoms with Crippen molar-refractivity contribution in [2.24, 2.45) is 0 Å². The Morgan fingerprint density at radius 3 is 3.07 bits per heavy atom. The second-order valence-corrected chi connectivity index (χ2v) is 4.74. The van der Waals surface area contributed by atoms with E-state index in [1.165, 1.54) is 0 Å². The summed E-state index contributed by atoms with van der Waals surface area (Å²) < 4.78 is 6.36. The number of hydrogen-bond acceptors (Lipinski definition) is 2. The van der Waals surface area contributed by atoms with Crippen LogP contribution in [0.2, 0.25) is 0 Å². The molecule has 0 saturated heterocycles. The molecule has 0 saturated carbocycles. The average molecular weight is 314 g/mol. The van der Waals surface area contributed by atoms with E-state index in [0.29, 0.717) is 0 Å². The molecule has 0 bridgehead atoms. The number of ether oxygens (including phenoxy) is 1. The minimum absolute atomic E-state index is 0.0810. The van der Waals surface area contributed by atoms with E-state index in [1.54, 1.807) is 0 Å². The number of allylic oxidation sites excluding steroid dienone is 1. The lowest BCUT2D eigenvalue weighted by Crippen LogP contribution is -1.97. The standard InChI is InChI=1S/C12H11IO2/c1-2-3-4-11-9-6-5-8(13)7-10(9)12(14)15-11/h2,5-7,11H,1,3-4H2. The molecule has 1 aromatic carbocycles. The van der Waals surface area contributed by atoms with E-state index < -0.39 is 0 Å². The van der Waals surface area contributed by atoms with Gasteiger partial charge >= 0.3 is 5.97 Å². The highest BCUT2D eigenvalue weighted by atomic mass is 127. The molecule has 3 heteroatoms. The first-order valence-electron chi connectivity index (χ1n) is 4.83. The Morgan fingerprint density at radius 2 is 2.33 bits per heavy atom. The fraction of sp³-hybridized carbons (Fsp3) is 0.250. The highest BCUT2D eigenvalue weighted by molar-refractivity contribution is 14.1. The summed E-state index contributed by atoms with van der Waals surface area (Å²) in [5, 5.41) is 0. The van der Waals surface area contributed by atoms with Gasteiger partial charge in [-0.25, -0.2) is 4.79 Å². The molecule has 0 N–H and O–H groups in total. The Kier molecular flexibility index (Phi) is 3.09. The average Bonchev–Trinajstić information content (AvgIpc) is 2.53. The molecule has 0 aliphatic carbocycles. The van der Waals surface area contributed by atoms with Crippen LogP contribution in [0.4, 0.5) is 0 Å². The van der Waals surface area contributed by atoms with Gasteiger partial charge < -0.3 is 4.74 Å². The maximum Gasteiger partial charge on any atom is 0.339 e. The number of carbonyl (C=O) groups excluding carboxylic acids is 1. The Bertz CT molecular complexity index is 412. The van der Waals surface area contributed by atoms with Gasteiger partial charge in [-0.15, -0.1) is 6.58 Å². The zero-order valence-electron chi connectivity index (χ0n) is 8.20. The number of benzene rings is 1. The third kappa shape index (κ3) is 2.07. The van der Waals surface area contributed by atoms with Crippen LogP contribution in [-0.2, 0) is 4.74 Å². The van der Waals surface area contributed by atoms with Crippen molar-refractivity contribution < 1.29 is 9.53 Å². The van der Waals surface area contributed by atoms with Crippen LogP contribution in [0.3, 0.4) is 0 Å². The summed E-state index contributed by atoms with van der Waals surface area (Å²) in [7, 11) is 0. The minimum Gasteiger partial charge on any atom is -0.454 e. The van der Waals surface area contributed by atoms with Gasteiger partial charge in [-0.05, 0) is 47.6 Å². The Labute approximate surface area is 102 Å². The van der Waals surface area contributed by atoms with E-state index in [4.69, 9.17) is 4.74 Å². The smallest absolute Gasteiger partial charge is 0.339 e. The van der Waals surface area contributed by atoms with Crippen LogP contribution in [-0.4, -0.2) is 5.97 Å². The normalized spacial score (nSPS) is 18.5. The van der Waals surface area contributed by atoms with Gasteiger partial charge in [0.05, 0.1) is 5.56 Å². The molecule has 1 aliphatic rings. The summed E-state index contributed by atoms with van der Waals surface area (Å²) in [4.78, 5) is 11.5. The Hall–Kier alpha value is -0.840. The molecule has 0 amide bonds. The van der Waals surface area contributed by atoms with Crippen LogP contribution in [0.5, 0.6) is 0 Å². The molecule has 1 heterocycles. The predicted molar refractivity (Wildman–Crippen MR) is 66.7 cm³/mol. The van der Waals surface area contributed by atoms with Crippen molar-refractivity contribution in [3.05, 3.63) is 45.6 Å². The number of halogens is 1. The second kappa shape index (κ2) is 4.35. The molecular formula is C12H11IO2. The van der Waals surface area contributed by atoms with Crippen molar-refractivity contribution in [1.29, 1.82) is 0 Å². The molecular weight excluding hydrogens is 303 g/mol. The number of rotatable bonds is 3. The number of esters is 1. The Balaban J connectivity index is 2.29. The maximum absolute atomic E-state index is 11.5. The first kappa shape index (κ1) is 10.7. The third-order valence-corrected chi connectivity index (χ3v) is 3.14. The van der Waals surface area contributed by atoms with E-state index >= 15 is 0 Å². The summed E-state index contributed by atoms with van der Waals surface area (Å²) in [6.07, 6.45) is 3.45. The highest BCUT2D eigenvalue weighted by Crippen LogP contribution is 2.34. The SMILES string of the molecule is C=CCCC1OC(=O)c2cc(I)ccc21. The minimum atomic E-state index is -0.197. The van der Waals surface area contributed by atoms with Gasteiger partial charge in [-0.2, -0.15) is 0 Å². The zero-order chi connectivity index (χ0) is 10.8. The molecule has 1 aromatic rings. The lowest BCUT2D eigenvalue weighted by atomic mass is 10.0. The summed E-state index contributed by atoms with van der Waals surface area (Å²) in [6.45, 7) is 3.67. The van der Waals surface area contributed by atoms with E-state index in [9.17, 15) is 4.79 Å². The fourth-order valence-corrected chi connectivity index (χ4v) is 2.22. The molecule has 0 aromatic heterocycles. The molecule has 0 fully saturated rings.